The van der Waals surface area contributed by atoms with E-state index >= 15 is 0 Å². The largest absolute Gasteiger partial charge is 0.489 e. The number of anilines is 2. The maximum atomic E-state index is 14.7. The smallest absolute Gasteiger partial charge is 0.297 e. The van der Waals surface area contributed by atoms with Gasteiger partial charge in [-0.2, -0.15) is 0 Å². The van der Waals surface area contributed by atoms with Gasteiger partial charge in [0.1, 0.15) is 29.6 Å². The molecule has 5 aliphatic rings. The molecule has 1 amide bonds. The second-order valence-electron chi connectivity index (χ2n) is 19.8. The molecule has 5 heterocycles. The van der Waals surface area contributed by atoms with Crippen LogP contribution in [0.25, 0.3) is 16.6 Å². The Bertz CT molecular complexity index is 2890. The summed E-state index contributed by atoms with van der Waals surface area (Å²) in [5.74, 6) is -0.948. The first kappa shape index (κ1) is 44.8. The number of nitrogens with one attached hydrogen (secondary N) is 3. The second kappa shape index (κ2) is 17.2. The number of pyridine rings is 1. The molecule has 0 bridgehead atoms. The van der Waals surface area contributed by atoms with Crippen LogP contribution >= 0.6 is 0 Å². The van der Waals surface area contributed by atoms with Crippen LogP contribution in [0.1, 0.15) is 99.5 Å². The summed E-state index contributed by atoms with van der Waals surface area (Å²) in [6, 6.07) is 17.3. The number of rotatable bonds is 11. The van der Waals surface area contributed by atoms with E-state index < -0.39 is 42.9 Å². The predicted octanol–water partition coefficient (Wildman–Crippen LogP) is 8.91. The van der Waals surface area contributed by atoms with E-state index in [2.05, 4.69) is 74.0 Å². The quantitative estimate of drug-likeness (QED) is 0.0728. The number of halogens is 1. The summed E-state index contributed by atoms with van der Waals surface area (Å²) in [7, 11) is -4.72. The molecule has 352 valence electrons. The van der Waals surface area contributed by atoms with Gasteiger partial charge in [-0.3, -0.25) is 19.8 Å². The van der Waals surface area contributed by atoms with E-state index in [1.54, 1.807) is 19.1 Å². The fourth-order valence-corrected chi connectivity index (χ4v) is 12.0. The molecule has 2 saturated heterocycles. The van der Waals surface area contributed by atoms with Gasteiger partial charge in [0.25, 0.3) is 21.6 Å². The molecule has 67 heavy (non-hydrogen) atoms. The topological polar surface area (TPSA) is 192 Å². The second-order valence-corrected chi connectivity index (χ2v) is 21.5. The summed E-state index contributed by atoms with van der Waals surface area (Å²) in [5, 5.41) is 26.2. The van der Waals surface area contributed by atoms with Crippen LogP contribution in [0, 0.1) is 27.3 Å². The molecule has 4 N–H and O–H groups in total. The molecule has 17 heteroatoms. The number of likely N-dealkylation sites (tertiary alicyclic amines) is 1. The molecule has 1 spiro atoms. The van der Waals surface area contributed by atoms with Crippen LogP contribution in [-0.2, 0) is 10.0 Å². The molecule has 3 aliphatic heterocycles. The number of ether oxygens (including phenoxy) is 2. The van der Waals surface area contributed by atoms with Gasteiger partial charge < -0.3 is 29.8 Å². The lowest BCUT2D eigenvalue weighted by Crippen LogP contribution is -2.62. The molecule has 2 aromatic heterocycles. The number of piperidine rings is 1. The van der Waals surface area contributed by atoms with Gasteiger partial charge in [-0.25, -0.2) is 22.5 Å². The summed E-state index contributed by atoms with van der Waals surface area (Å²) >= 11 is 0. The summed E-state index contributed by atoms with van der Waals surface area (Å²) in [4.78, 5) is 37.2. The number of fused-ring (bicyclic) bond motifs is 2. The lowest BCUT2D eigenvalue weighted by atomic mass is 9.70. The first-order chi connectivity index (χ1) is 32.1. The number of aromatic nitrogens is 2. The van der Waals surface area contributed by atoms with Crippen molar-refractivity contribution < 1.29 is 37.1 Å². The Morgan fingerprint density at radius 3 is 2.57 bits per heavy atom. The number of aliphatic hydroxyl groups is 1. The number of nitrogens with zero attached hydrogens (tertiary/aromatic N) is 4. The summed E-state index contributed by atoms with van der Waals surface area (Å²) < 4.78 is 56.9. The lowest BCUT2D eigenvalue weighted by molar-refractivity contribution is -0.384. The van der Waals surface area contributed by atoms with Gasteiger partial charge in [-0.05, 0) is 110 Å². The van der Waals surface area contributed by atoms with Crippen LogP contribution in [0.4, 0.5) is 21.5 Å². The molecule has 1 unspecified atom stereocenters. The zero-order chi connectivity index (χ0) is 46.8. The number of carbonyl (C=O) groups excluding carboxylic acids is 1. The number of carbonyl (C=O) groups is 1. The van der Waals surface area contributed by atoms with Gasteiger partial charge in [0, 0.05) is 62.3 Å². The summed E-state index contributed by atoms with van der Waals surface area (Å²) in [5.41, 5.74) is 4.12. The van der Waals surface area contributed by atoms with Gasteiger partial charge in [-0.1, -0.05) is 44.2 Å². The molecule has 15 nitrogen and oxygen atoms in total. The van der Waals surface area contributed by atoms with Crippen molar-refractivity contribution in [1.29, 1.82) is 0 Å². The Balaban J connectivity index is 0.864. The van der Waals surface area contributed by atoms with E-state index in [1.807, 2.05) is 0 Å². The van der Waals surface area contributed by atoms with Crippen LogP contribution in [0.15, 0.2) is 84.0 Å². The van der Waals surface area contributed by atoms with E-state index in [0.29, 0.717) is 43.3 Å². The number of sulfonamides is 1. The first-order valence-electron chi connectivity index (χ1n) is 23.3. The number of allylic oxidation sites excluding steroid dienone is 1. The van der Waals surface area contributed by atoms with Crippen molar-refractivity contribution >= 4 is 49.6 Å². The normalized spacial score (nSPS) is 23.8. The van der Waals surface area contributed by atoms with Gasteiger partial charge in [0.05, 0.1) is 38.6 Å². The number of H-pyrrole nitrogens is 1. The number of aromatic amines is 1. The zero-order valence-electron chi connectivity index (χ0n) is 37.9. The SMILES string of the molecule is CC(C)c1ccccc1C1=CCCC1N1CC2(CCN(c3ccc(C(=O)NS(=O)(=O)c4cc5c(c([N+](=O)[O-])c4)N[C@@H](C4CCC(C)(O)CC4)CO5)c(Oc4cnc5[nH]cc(F)c5c4)c3)CC2)C1. The number of benzene rings is 3. The molecule has 5 aromatic rings. The van der Waals surface area contributed by atoms with Crippen molar-refractivity contribution in [2.24, 2.45) is 11.3 Å². The van der Waals surface area contributed by atoms with Crippen molar-refractivity contribution in [2.45, 2.75) is 101 Å². The van der Waals surface area contributed by atoms with Crippen molar-refractivity contribution in [1.82, 2.24) is 19.6 Å². The molecule has 3 fully saturated rings. The van der Waals surface area contributed by atoms with Gasteiger partial charge >= 0.3 is 0 Å². The minimum absolute atomic E-state index is 0.0128. The number of hydrogen-bond acceptors (Lipinski definition) is 12. The average Bonchev–Trinajstić information content (AvgIpc) is 3.94. The van der Waals surface area contributed by atoms with E-state index in [4.69, 9.17) is 9.47 Å². The lowest BCUT2D eigenvalue weighted by Gasteiger charge is -2.56. The van der Waals surface area contributed by atoms with E-state index in [0.717, 1.165) is 63.6 Å². The number of nitro groups is 1. The standard InChI is InChI=1S/C50H56FN7O8S/c1-30(2)35-7-4-5-8-36(35)37-9-6-10-42(37)57-28-50(29-57)17-19-56(20-18-50)32-11-12-38(44(21-32)66-33-22-39-40(51)26-53-47(39)52-25-33)48(59)55-67(63,64)34-23-43(58(61)62)46-45(24-34)65-27-41(54-46)31-13-15-49(3,60)16-14-31/h4-5,7-9,11-12,21-26,30-31,41-42,54,60H,6,10,13-20,27-29H2,1-3H3,(H,52,53)(H,55,59)/t31?,41-,42?,49?/m1/s1. The maximum Gasteiger partial charge on any atom is 0.297 e. The summed E-state index contributed by atoms with van der Waals surface area (Å²) in [6.07, 6.45) is 11.7. The van der Waals surface area contributed by atoms with Gasteiger partial charge in [0.2, 0.25) is 0 Å². The Hall–Kier alpha value is -6.04. The monoisotopic (exact) mass is 933 g/mol. The fourth-order valence-electron chi connectivity index (χ4n) is 11.0. The Morgan fingerprint density at radius 2 is 1.82 bits per heavy atom. The fraction of sp³-hybridized carbons (Fsp3) is 0.440. The summed E-state index contributed by atoms with van der Waals surface area (Å²) in [6.45, 7) is 10.0. The number of amides is 1. The molecule has 0 radical (unpaired) electrons. The molecule has 10 rings (SSSR count). The van der Waals surface area contributed by atoms with Gasteiger partial charge in [0.15, 0.2) is 11.4 Å². The van der Waals surface area contributed by atoms with E-state index in [9.17, 15) is 32.8 Å². The van der Waals surface area contributed by atoms with Gasteiger partial charge in [-0.15, -0.1) is 0 Å². The minimum Gasteiger partial charge on any atom is -0.489 e. The first-order valence-corrected chi connectivity index (χ1v) is 24.8. The molecular weight excluding hydrogens is 878 g/mol. The highest BCUT2D eigenvalue weighted by atomic mass is 32.2. The van der Waals surface area contributed by atoms with Crippen LogP contribution in [0.5, 0.6) is 17.2 Å². The highest BCUT2D eigenvalue weighted by Gasteiger charge is 2.48. The maximum absolute atomic E-state index is 14.7. The van der Waals surface area contributed by atoms with Crippen LogP contribution in [0.3, 0.4) is 0 Å². The Morgan fingerprint density at radius 1 is 1.06 bits per heavy atom. The van der Waals surface area contributed by atoms with Crippen molar-refractivity contribution in [2.75, 3.05) is 43.0 Å². The molecule has 2 atom stereocenters. The third kappa shape index (κ3) is 8.72. The Kier molecular flexibility index (Phi) is 11.5. The van der Waals surface area contributed by atoms with Crippen molar-refractivity contribution in [3.05, 3.63) is 112 Å². The molecule has 1 saturated carbocycles. The minimum atomic E-state index is -4.72. The molecule has 2 aliphatic carbocycles. The highest BCUT2D eigenvalue weighted by molar-refractivity contribution is 7.90. The molecule has 3 aromatic carbocycles. The Labute approximate surface area is 388 Å². The number of nitro benzene ring substituents is 1. The zero-order valence-corrected chi connectivity index (χ0v) is 38.7. The number of hydrogen-bond donors (Lipinski definition) is 4. The van der Waals surface area contributed by atoms with Crippen LogP contribution in [0.2, 0.25) is 0 Å². The van der Waals surface area contributed by atoms with E-state index in [1.165, 1.54) is 47.3 Å². The molecular formula is C50H56FN7O8S. The van der Waals surface area contributed by atoms with Crippen molar-refractivity contribution in [3.63, 3.8) is 0 Å². The third-order valence-corrected chi connectivity index (χ3v) is 16.2. The average molecular weight is 934 g/mol. The van der Waals surface area contributed by atoms with Crippen molar-refractivity contribution in [3.8, 4) is 17.2 Å². The van der Waals surface area contributed by atoms with Crippen LogP contribution in [-0.4, -0.2) is 89.7 Å². The highest BCUT2D eigenvalue weighted by Crippen LogP contribution is 2.48. The van der Waals surface area contributed by atoms with E-state index in [-0.39, 0.29) is 57.9 Å². The predicted molar refractivity (Wildman–Crippen MR) is 253 cm³/mol. The third-order valence-electron chi connectivity index (χ3n) is 14.9. The van der Waals surface area contributed by atoms with Crippen LogP contribution < -0.4 is 24.4 Å².